The molecule has 1 aliphatic heterocycles. The van der Waals surface area contributed by atoms with E-state index >= 15 is 0 Å². The van der Waals surface area contributed by atoms with Gasteiger partial charge < -0.3 is 14.6 Å². The largest absolute Gasteiger partial charge is 0.391 e. The van der Waals surface area contributed by atoms with Gasteiger partial charge in [0.15, 0.2) is 0 Å². The van der Waals surface area contributed by atoms with Gasteiger partial charge in [-0.05, 0) is 42.3 Å². The lowest BCUT2D eigenvalue weighted by Gasteiger charge is -2.17. The molecule has 1 saturated heterocycles. The number of aliphatic hydroxyl groups is 1. The number of nitrogens with zero attached hydrogens (tertiary/aromatic N) is 4. The number of β-amino-alcohol motifs (C(OH)–C–C–N with tert-alkyl or cyclic N) is 1. The van der Waals surface area contributed by atoms with Crippen LogP contribution in [0.4, 0.5) is 0 Å². The number of fused-ring (bicyclic) bond motifs is 2. The van der Waals surface area contributed by atoms with E-state index in [0.717, 1.165) is 16.5 Å². The Hall–Kier alpha value is -3.58. The van der Waals surface area contributed by atoms with Crippen LogP contribution in [0.3, 0.4) is 0 Å². The van der Waals surface area contributed by atoms with Crippen LogP contribution in [0.1, 0.15) is 15.9 Å². The first kappa shape index (κ1) is 19.4. The minimum atomic E-state index is -0.596. The molecular formula is C24H22N4O3. The van der Waals surface area contributed by atoms with Crippen molar-refractivity contribution in [3.63, 3.8) is 0 Å². The van der Waals surface area contributed by atoms with E-state index in [9.17, 15) is 14.7 Å². The highest BCUT2D eigenvalue weighted by molar-refractivity contribution is 5.97. The zero-order chi connectivity index (χ0) is 21.5. The van der Waals surface area contributed by atoms with Crippen molar-refractivity contribution in [3.05, 3.63) is 82.5 Å². The molecule has 4 aromatic rings. The molecule has 0 bridgehead atoms. The summed E-state index contributed by atoms with van der Waals surface area (Å²) in [7, 11) is 1.64. The van der Waals surface area contributed by atoms with Gasteiger partial charge in [-0.25, -0.2) is 4.98 Å². The summed E-state index contributed by atoms with van der Waals surface area (Å²) < 4.78 is 1.41. The molecule has 1 amide bonds. The Morgan fingerprint density at radius 2 is 1.90 bits per heavy atom. The molecule has 0 aliphatic carbocycles. The molecular weight excluding hydrogens is 392 g/mol. The summed E-state index contributed by atoms with van der Waals surface area (Å²) in [5.74, 6) is -0.217. The molecule has 2 atom stereocenters. The van der Waals surface area contributed by atoms with Crippen LogP contribution in [-0.2, 0) is 13.5 Å². The quantitative estimate of drug-likeness (QED) is 0.555. The fraction of sp³-hybridized carbons (Fsp3) is 0.250. The fourth-order valence-electron chi connectivity index (χ4n) is 4.36. The molecule has 0 spiro atoms. The van der Waals surface area contributed by atoms with Crippen molar-refractivity contribution in [2.75, 3.05) is 13.1 Å². The number of rotatable bonds is 3. The van der Waals surface area contributed by atoms with Crippen molar-refractivity contribution in [2.45, 2.75) is 12.5 Å². The summed E-state index contributed by atoms with van der Waals surface area (Å²) >= 11 is 0. The van der Waals surface area contributed by atoms with Crippen molar-refractivity contribution < 1.29 is 9.90 Å². The van der Waals surface area contributed by atoms with Crippen LogP contribution >= 0.6 is 0 Å². The second-order valence-electron chi connectivity index (χ2n) is 8.12. The zero-order valence-corrected chi connectivity index (χ0v) is 17.1. The van der Waals surface area contributed by atoms with E-state index in [1.54, 1.807) is 36.3 Å². The Labute approximate surface area is 178 Å². The smallest absolute Gasteiger partial charge is 0.260 e. The van der Waals surface area contributed by atoms with E-state index < -0.39 is 6.10 Å². The van der Waals surface area contributed by atoms with Crippen LogP contribution in [0.5, 0.6) is 0 Å². The van der Waals surface area contributed by atoms with Crippen LogP contribution in [0, 0.1) is 5.92 Å². The van der Waals surface area contributed by atoms with Crippen LogP contribution in [0.25, 0.3) is 21.8 Å². The van der Waals surface area contributed by atoms with Crippen molar-refractivity contribution in [2.24, 2.45) is 13.0 Å². The van der Waals surface area contributed by atoms with E-state index in [2.05, 4.69) is 9.97 Å². The highest BCUT2D eigenvalue weighted by Crippen LogP contribution is 2.26. The van der Waals surface area contributed by atoms with E-state index in [1.807, 2.05) is 30.3 Å². The number of amides is 1. The van der Waals surface area contributed by atoms with Gasteiger partial charge in [0.05, 0.1) is 28.9 Å². The van der Waals surface area contributed by atoms with Crippen molar-refractivity contribution >= 4 is 27.7 Å². The molecule has 2 aromatic heterocycles. The number of carbonyl (C=O) groups excluding carboxylic acids is 1. The first-order valence-corrected chi connectivity index (χ1v) is 10.3. The van der Waals surface area contributed by atoms with Crippen molar-refractivity contribution in [3.8, 4) is 0 Å². The van der Waals surface area contributed by atoms with Gasteiger partial charge in [-0.2, -0.15) is 0 Å². The zero-order valence-electron chi connectivity index (χ0n) is 17.1. The Balaban J connectivity index is 1.37. The second-order valence-corrected chi connectivity index (χ2v) is 8.12. The molecule has 7 nitrogen and oxygen atoms in total. The van der Waals surface area contributed by atoms with Gasteiger partial charge in [-0.1, -0.05) is 18.2 Å². The highest BCUT2D eigenvalue weighted by Gasteiger charge is 2.34. The van der Waals surface area contributed by atoms with E-state index in [-0.39, 0.29) is 23.9 Å². The van der Waals surface area contributed by atoms with Crippen molar-refractivity contribution in [1.29, 1.82) is 0 Å². The average molecular weight is 414 g/mol. The summed E-state index contributed by atoms with van der Waals surface area (Å²) in [6.07, 6.45) is 3.31. The third-order valence-electron chi connectivity index (χ3n) is 6.08. The predicted molar refractivity (Wildman–Crippen MR) is 118 cm³/mol. The third-order valence-corrected chi connectivity index (χ3v) is 6.08. The molecule has 0 unspecified atom stereocenters. The van der Waals surface area contributed by atoms with Crippen LogP contribution in [-0.4, -0.2) is 49.6 Å². The summed E-state index contributed by atoms with van der Waals surface area (Å²) in [6, 6.07) is 14.9. The van der Waals surface area contributed by atoms with Gasteiger partial charge >= 0.3 is 0 Å². The number of hydrogen-bond donors (Lipinski definition) is 1. The molecule has 2 aromatic carbocycles. The van der Waals surface area contributed by atoms with Crippen molar-refractivity contribution in [1.82, 2.24) is 19.4 Å². The standard InChI is InChI=1S/C24H22N4O3/c1-27-14-26-21-11-16(6-7-19(21)24(27)31)23(30)28-12-17(22(29)13-28)10-15-8-9-25-20-5-3-2-4-18(15)20/h2-9,11,14,17,22,29H,10,12-13H2,1H3/t17-,22-/m1/s1. The molecule has 0 saturated carbocycles. The third kappa shape index (κ3) is 3.47. The number of benzene rings is 2. The molecule has 0 radical (unpaired) electrons. The van der Waals surface area contributed by atoms with Gasteiger partial charge in [0.1, 0.15) is 0 Å². The number of aryl methyl sites for hydroxylation is 1. The number of carbonyl (C=O) groups is 1. The summed E-state index contributed by atoms with van der Waals surface area (Å²) in [4.78, 5) is 35.6. The monoisotopic (exact) mass is 414 g/mol. The predicted octanol–water partition coefficient (Wildman–Crippen LogP) is 2.16. The highest BCUT2D eigenvalue weighted by atomic mass is 16.3. The average Bonchev–Trinajstić information content (AvgIpc) is 3.16. The Morgan fingerprint density at radius 3 is 2.77 bits per heavy atom. The maximum Gasteiger partial charge on any atom is 0.260 e. The number of aliphatic hydroxyl groups excluding tert-OH is 1. The topological polar surface area (TPSA) is 88.3 Å². The maximum atomic E-state index is 13.1. The maximum absolute atomic E-state index is 13.1. The first-order chi connectivity index (χ1) is 15.0. The van der Waals surface area contributed by atoms with E-state index in [0.29, 0.717) is 29.4 Å². The number of likely N-dealkylation sites (tertiary alicyclic amines) is 1. The molecule has 31 heavy (non-hydrogen) atoms. The number of pyridine rings is 1. The lowest BCUT2D eigenvalue weighted by atomic mass is 9.94. The molecule has 1 fully saturated rings. The molecule has 1 aliphatic rings. The minimum absolute atomic E-state index is 0.0550. The Kier molecular flexibility index (Phi) is 4.75. The van der Waals surface area contributed by atoms with Gasteiger partial charge in [-0.3, -0.25) is 14.6 Å². The number of aromatic nitrogens is 3. The lowest BCUT2D eigenvalue weighted by Crippen LogP contribution is -2.29. The van der Waals surface area contributed by atoms with E-state index in [4.69, 9.17) is 0 Å². The lowest BCUT2D eigenvalue weighted by molar-refractivity contribution is 0.0765. The van der Waals surface area contributed by atoms with Crippen LogP contribution < -0.4 is 5.56 Å². The summed E-state index contributed by atoms with van der Waals surface area (Å²) in [6.45, 7) is 0.757. The first-order valence-electron chi connectivity index (χ1n) is 10.3. The van der Waals surface area contributed by atoms with Crippen LogP contribution in [0.15, 0.2) is 65.8 Å². The van der Waals surface area contributed by atoms with Gasteiger partial charge in [0.25, 0.3) is 11.5 Å². The molecule has 1 N–H and O–H groups in total. The number of hydrogen-bond acceptors (Lipinski definition) is 5. The second kappa shape index (κ2) is 7.59. The molecule has 5 rings (SSSR count). The summed E-state index contributed by atoms with van der Waals surface area (Å²) in [5, 5.41) is 12.2. The normalized spacial score (nSPS) is 18.7. The number of para-hydroxylation sites is 1. The van der Waals surface area contributed by atoms with E-state index in [1.165, 1.54) is 10.9 Å². The van der Waals surface area contributed by atoms with Gasteiger partial charge in [0.2, 0.25) is 0 Å². The fourth-order valence-corrected chi connectivity index (χ4v) is 4.36. The Bertz CT molecular complexity index is 1360. The Morgan fingerprint density at radius 1 is 1.06 bits per heavy atom. The van der Waals surface area contributed by atoms with Gasteiger partial charge in [0, 0.05) is 43.2 Å². The molecule has 7 heteroatoms. The SMILES string of the molecule is Cn1cnc2cc(C(=O)N3C[C@@H](Cc4ccnc5ccccc45)[C@H](O)C3)ccc2c1=O. The molecule has 3 heterocycles. The summed E-state index contributed by atoms with van der Waals surface area (Å²) in [5.41, 5.74) is 2.86. The molecule has 156 valence electrons. The van der Waals surface area contributed by atoms with Crippen LogP contribution in [0.2, 0.25) is 0 Å². The minimum Gasteiger partial charge on any atom is -0.391 e. The van der Waals surface area contributed by atoms with Gasteiger partial charge in [-0.15, -0.1) is 0 Å².